The number of carboxylic acids is 1. The van der Waals surface area contributed by atoms with E-state index in [1.807, 2.05) is 0 Å². The summed E-state index contributed by atoms with van der Waals surface area (Å²) < 4.78 is 0. The lowest BCUT2D eigenvalue weighted by Gasteiger charge is -2.04. The summed E-state index contributed by atoms with van der Waals surface area (Å²) in [7, 11) is 1.43. The molecule has 0 saturated carbocycles. The highest BCUT2D eigenvalue weighted by Crippen LogP contribution is 2.19. The minimum atomic E-state index is -0.986. The van der Waals surface area contributed by atoms with Crippen LogP contribution in [0.4, 0.5) is 4.79 Å². The molecule has 0 unspecified atom stereocenters. The first kappa shape index (κ1) is 15.0. The fraction of sp³-hybridized carbons (Fsp3) is 0.250. The maximum absolute atomic E-state index is 11.3. The SMILES string of the molecule is CNC(=O)NC(=O)CCSc1cccc(C(=O)O)c1. The zero-order valence-corrected chi connectivity index (χ0v) is 11.1. The number of imide groups is 1. The Morgan fingerprint density at radius 3 is 2.68 bits per heavy atom. The lowest BCUT2D eigenvalue weighted by Crippen LogP contribution is -2.37. The number of nitrogens with one attached hydrogen (secondary N) is 2. The summed E-state index contributed by atoms with van der Waals surface area (Å²) in [4.78, 5) is 33.7. The number of urea groups is 1. The summed E-state index contributed by atoms with van der Waals surface area (Å²) >= 11 is 1.36. The van der Waals surface area contributed by atoms with E-state index in [1.54, 1.807) is 18.2 Å². The topological polar surface area (TPSA) is 95.5 Å². The molecule has 0 atom stereocenters. The van der Waals surface area contributed by atoms with Crippen molar-refractivity contribution in [3.63, 3.8) is 0 Å². The van der Waals surface area contributed by atoms with Gasteiger partial charge < -0.3 is 10.4 Å². The van der Waals surface area contributed by atoms with E-state index in [9.17, 15) is 14.4 Å². The third-order valence-corrected chi connectivity index (χ3v) is 3.15. The number of amides is 3. The normalized spacial score (nSPS) is 9.74. The Labute approximate surface area is 114 Å². The fourth-order valence-electron chi connectivity index (χ4n) is 1.23. The standard InChI is InChI=1S/C12H14N2O4S/c1-13-12(18)14-10(15)5-6-19-9-4-2-3-8(7-9)11(16)17/h2-4,7H,5-6H2,1H3,(H,16,17)(H2,13,14,15,18). The number of carboxylic acid groups (broad SMARTS) is 1. The Morgan fingerprint density at radius 1 is 1.32 bits per heavy atom. The third-order valence-electron chi connectivity index (χ3n) is 2.16. The number of benzene rings is 1. The first-order valence-electron chi connectivity index (χ1n) is 5.50. The van der Waals surface area contributed by atoms with Gasteiger partial charge in [-0.1, -0.05) is 6.07 Å². The molecule has 1 aromatic rings. The first-order chi connectivity index (χ1) is 9.02. The summed E-state index contributed by atoms with van der Waals surface area (Å²) in [5.41, 5.74) is 0.208. The Kier molecular flexibility index (Phi) is 5.87. The van der Waals surface area contributed by atoms with Gasteiger partial charge in [0.25, 0.3) is 0 Å². The van der Waals surface area contributed by atoms with E-state index in [1.165, 1.54) is 24.9 Å². The molecule has 0 aliphatic carbocycles. The zero-order valence-electron chi connectivity index (χ0n) is 10.3. The van der Waals surface area contributed by atoms with Crippen molar-refractivity contribution < 1.29 is 19.5 Å². The highest BCUT2D eigenvalue weighted by molar-refractivity contribution is 7.99. The van der Waals surface area contributed by atoms with Crippen molar-refractivity contribution in [1.29, 1.82) is 0 Å². The molecule has 3 amide bonds. The molecule has 0 bridgehead atoms. The Hall–Kier alpha value is -2.02. The average molecular weight is 282 g/mol. The summed E-state index contributed by atoms with van der Waals surface area (Å²) in [6.07, 6.45) is 0.176. The highest BCUT2D eigenvalue weighted by Gasteiger charge is 2.07. The third kappa shape index (κ3) is 5.43. The van der Waals surface area contributed by atoms with Crippen LogP contribution in [-0.4, -0.2) is 35.8 Å². The Morgan fingerprint density at radius 2 is 2.05 bits per heavy atom. The molecule has 19 heavy (non-hydrogen) atoms. The van der Waals surface area contributed by atoms with Crippen molar-refractivity contribution in [2.24, 2.45) is 0 Å². The van der Waals surface area contributed by atoms with Crippen LogP contribution in [0.2, 0.25) is 0 Å². The van der Waals surface area contributed by atoms with Crippen molar-refractivity contribution >= 4 is 29.7 Å². The molecule has 1 aromatic carbocycles. The minimum absolute atomic E-state index is 0.176. The summed E-state index contributed by atoms with van der Waals surface area (Å²) in [6, 6.07) is 5.93. The van der Waals surface area contributed by atoms with Gasteiger partial charge in [0.05, 0.1) is 5.56 Å². The van der Waals surface area contributed by atoms with Gasteiger partial charge in [-0.3, -0.25) is 10.1 Å². The molecule has 0 fully saturated rings. The van der Waals surface area contributed by atoms with E-state index in [4.69, 9.17) is 5.11 Å². The van der Waals surface area contributed by atoms with Gasteiger partial charge >= 0.3 is 12.0 Å². The highest BCUT2D eigenvalue weighted by atomic mass is 32.2. The van der Waals surface area contributed by atoms with Crippen LogP contribution in [0.5, 0.6) is 0 Å². The van der Waals surface area contributed by atoms with E-state index < -0.39 is 12.0 Å². The predicted octanol–water partition coefficient (Wildman–Crippen LogP) is 1.32. The van der Waals surface area contributed by atoms with E-state index >= 15 is 0 Å². The largest absolute Gasteiger partial charge is 0.478 e. The van der Waals surface area contributed by atoms with Crippen LogP contribution in [0, 0.1) is 0 Å². The van der Waals surface area contributed by atoms with E-state index in [0.29, 0.717) is 5.75 Å². The summed E-state index contributed by atoms with van der Waals surface area (Å²) in [5.74, 6) is -0.896. The Bertz CT molecular complexity index is 490. The number of hydrogen-bond donors (Lipinski definition) is 3. The molecule has 6 nitrogen and oxygen atoms in total. The van der Waals surface area contributed by atoms with Crippen LogP contribution in [0.15, 0.2) is 29.2 Å². The molecular formula is C12H14N2O4S. The predicted molar refractivity (Wildman–Crippen MR) is 71.3 cm³/mol. The molecule has 0 radical (unpaired) electrons. The molecule has 0 heterocycles. The average Bonchev–Trinajstić information content (AvgIpc) is 2.38. The van der Waals surface area contributed by atoms with Crippen LogP contribution in [0.1, 0.15) is 16.8 Å². The lowest BCUT2D eigenvalue weighted by atomic mass is 10.2. The maximum Gasteiger partial charge on any atom is 0.335 e. The first-order valence-corrected chi connectivity index (χ1v) is 6.49. The van der Waals surface area contributed by atoms with Crippen molar-refractivity contribution in [3.8, 4) is 0 Å². The van der Waals surface area contributed by atoms with Gasteiger partial charge in [0.2, 0.25) is 5.91 Å². The minimum Gasteiger partial charge on any atom is -0.478 e. The summed E-state index contributed by atoms with van der Waals surface area (Å²) in [6.45, 7) is 0. The smallest absolute Gasteiger partial charge is 0.335 e. The van der Waals surface area contributed by atoms with Gasteiger partial charge in [0.1, 0.15) is 0 Å². The van der Waals surface area contributed by atoms with E-state index in [2.05, 4.69) is 10.6 Å². The van der Waals surface area contributed by atoms with Crippen molar-refractivity contribution in [2.75, 3.05) is 12.8 Å². The lowest BCUT2D eigenvalue weighted by molar-refractivity contribution is -0.119. The van der Waals surface area contributed by atoms with Crippen LogP contribution in [-0.2, 0) is 4.79 Å². The van der Waals surface area contributed by atoms with Crippen LogP contribution in [0.3, 0.4) is 0 Å². The maximum atomic E-state index is 11.3. The molecular weight excluding hydrogens is 268 g/mol. The molecule has 0 saturated heterocycles. The van der Waals surface area contributed by atoms with Crippen molar-refractivity contribution in [3.05, 3.63) is 29.8 Å². The monoisotopic (exact) mass is 282 g/mol. The van der Waals surface area contributed by atoms with Crippen LogP contribution < -0.4 is 10.6 Å². The molecule has 102 valence electrons. The molecule has 0 aromatic heterocycles. The number of aromatic carboxylic acids is 1. The van der Waals surface area contributed by atoms with Gasteiger partial charge in [-0.15, -0.1) is 11.8 Å². The van der Waals surface area contributed by atoms with Gasteiger partial charge in [0.15, 0.2) is 0 Å². The summed E-state index contributed by atoms with van der Waals surface area (Å²) in [5, 5.41) is 13.3. The number of carbonyl (C=O) groups is 3. The molecule has 3 N–H and O–H groups in total. The van der Waals surface area contributed by atoms with Crippen molar-refractivity contribution in [2.45, 2.75) is 11.3 Å². The van der Waals surface area contributed by atoms with E-state index in [0.717, 1.165) is 4.90 Å². The molecule has 1 rings (SSSR count). The molecule has 0 aliphatic rings. The van der Waals surface area contributed by atoms with Crippen molar-refractivity contribution in [1.82, 2.24) is 10.6 Å². The number of rotatable bonds is 5. The van der Waals surface area contributed by atoms with Crippen LogP contribution in [0.25, 0.3) is 0 Å². The van der Waals surface area contributed by atoms with Gasteiger partial charge in [-0.05, 0) is 18.2 Å². The van der Waals surface area contributed by atoms with Gasteiger partial charge in [-0.25, -0.2) is 9.59 Å². The Balaban J connectivity index is 2.41. The molecule has 0 aliphatic heterocycles. The molecule has 0 spiro atoms. The second kappa shape index (κ2) is 7.42. The second-order valence-corrected chi connectivity index (χ2v) is 4.73. The number of carbonyl (C=O) groups excluding carboxylic acids is 2. The second-order valence-electron chi connectivity index (χ2n) is 3.56. The zero-order chi connectivity index (χ0) is 14.3. The fourth-order valence-corrected chi connectivity index (χ4v) is 2.14. The van der Waals surface area contributed by atoms with Gasteiger partial charge in [0, 0.05) is 24.1 Å². The quantitative estimate of drug-likeness (QED) is 0.708. The van der Waals surface area contributed by atoms with Gasteiger partial charge in [-0.2, -0.15) is 0 Å². The van der Waals surface area contributed by atoms with E-state index in [-0.39, 0.29) is 17.9 Å². The molecule has 7 heteroatoms. The van der Waals surface area contributed by atoms with Crippen LogP contribution >= 0.6 is 11.8 Å². The number of hydrogen-bond acceptors (Lipinski definition) is 4. The number of thioether (sulfide) groups is 1.